The first-order valence-electron chi connectivity index (χ1n) is 6.88. The van der Waals surface area contributed by atoms with Gasteiger partial charge in [-0.1, -0.05) is 36.4 Å². The van der Waals surface area contributed by atoms with Gasteiger partial charge in [0, 0.05) is 5.69 Å². The summed E-state index contributed by atoms with van der Waals surface area (Å²) in [6, 6.07) is 16.1. The van der Waals surface area contributed by atoms with Gasteiger partial charge in [0.25, 0.3) is 0 Å². The Kier molecular flexibility index (Phi) is 3.64. The number of tetrazole rings is 1. The highest BCUT2D eigenvalue weighted by Gasteiger charge is 2.09. The van der Waals surface area contributed by atoms with E-state index < -0.39 is 0 Å². The van der Waals surface area contributed by atoms with Crippen LogP contribution < -0.4 is 5.32 Å². The fourth-order valence-electron chi connectivity index (χ4n) is 2.35. The van der Waals surface area contributed by atoms with Crippen molar-refractivity contribution in [3.63, 3.8) is 0 Å². The number of nitrogens with one attached hydrogen (secondary N) is 1. The third-order valence-corrected chi connectivity index (χ3v) is 3.44. The van der Waals surface area contributed by atoms with Gasteiger partial charge in [0.15, 0.2) is 5.82 Å². The number of rotatable bonds is 4. The maximum Gasteiger partial charge on any atom is 0.175 e. The predicted molar refractivity (Wildman–Crippen MR) is 82.4 cm³/mol. The van der Waals surface area contributed by atoms with E-state index in [0.717, 1.165) is 17.2 Å². The predicted octanol–water partition coefficient (Wildman–Crippen LogP) is 2.89. The number of hydrogen-bond donors (Lipinski definition) is 1. The van der Waals surface area contributed by atoms with Crippen molar-refractivity contribution in [2.75, 3.05) is 5.32 Å². The zero-order valence-electron chi connectivity index (χ0n) is 12.1. The summed E-state index contributed by atoms with van der Waals surface area (Å²) in [6.45, 7) is 4.76. The smallest absolute Gasteiger partial charge is 0.175 e. The van der Waals surface area contributed by atoms with E-state index in [9.17, 15) is 0 Å². The highest BCUT2D eigenvalue weighted by atomic mass is 15.5. The van der Waals surface area contributed by atoms with Gasteiger partial charge in [-0.05, 0) is 47.5 Å². The molecule has 21 heavy (non-hydrogen) atoms. The SMILES string of the molecule is Cc1cccc(C)c1NCc1nnnn1-c1ccccc1. The number of para-hydroxylation sites is 2. The molecule has 0 saturated heterocycles. The maximum absolute atomic E-state index is 4.11. The first-order chi connectivity index (χ1) is 10.3. The van der Waals surface area contributed by atoms with Crippen molar-refractivity contribution in [3.8, 4) is 5.69 Å². The summed E-state index contributed by atoms with van der Waals surface area (Å²) in [5.41, 5.74) is 4.53. The molecule has 0 unspecified atom stereocenters. The van der Waals surface area contributed by atoms with Crippen LogP contribution >= 0.6 is 0 Å². The maximum atomic E-state index is 4.11. The van der Waals surface area contributed by atoms with Gasteiger partial charge >= 0.3 is 0 Å². The molecule has 0 fully saturated rings. The van der Waals surface area contributed by atoms with E-state index in [1.165, 1.54) is 11.1 Å². The van der Waals surface area contributed by atoms with Crippen LogP contribution in [0.5, 0.6) is 0 Å². The van der Waals surface area contributed by atoms with Crippen LogP contribution in [-0.2, 0) is 6.54 Å². The summed E-state index contributed by atoms with van der Waals surface area (Å²) in [5.74, 6) is 0.781. The van der Waals surface area contributed by atoms with Crippen LogP contribution in [0.2, 0.25) is 0 Å². The van der Waals surface area contributed by atoms with Gasteiger partial charge in [-0.15, -0.1) is 5.10 Å². The number of benzene rings is 2. The molecule has 5 nitrogen and oxygen atoms in total. The molecule has 0 aliphatic heterocycles. The van der Waals surface area contributed by atoms with E-state index in [1.54, 1.807) is 4.68 Å². The van der Waals surface area contributed by atoms with Crippen molar-refractivity contribution < 1.29 is 0 Å². The Bertz CT molecular complexity index is 713. The Morgan fingerprint density at radius 2 is 1.67 bits per heavy atom. The van der Waals surface area contributed by atoms with Crippen LogP contribution in [0.1, 0.15) is 17.0 Å². The lowest BCUT2D eigenvalue weighted by molar-refractivity contribution is 0.768. The zero-order valence-corrected chi connectivity index (χ0v) is 12.1. The largest absolute Gasteiger partial charge is 0.377 e. The summed E-state index contributed by atoms with van der Waals surface area (Å²) in [6.07, 6.45) is 0. The topological polar surface area (TPSA) is 55.6 Å². The molecule has 1 N–H and O–H groups in total. The number of aromatic nitrogens is 4. The molecule has 1 heterocycles. The monoisotopic (exact) mass is 279 g/mol. The second-order valence-corrected chi connectivity index (χ2v) is 4.96. The van der Waals surface area contributed by atoms with Crippen LogP contribution in [0.3, 0.4) is 0 Å². The molecule has 2 aromatic carbocycles. The third-order valence-electron chi connectivity index (χ3n) is 3.44. The van der Waals surface area contributed by atoms with Crippen molar-refractivity contribution in [2.24, 2.45) is 0 Å². The van der Waals surface area contributed by atoms with Gasteiger partial charge in [0.1, 0.15) is 0 Å². The Hall–Kier alpha value is -2.69. The van der Waals surface area contributed by atoms with E-state index in [2.05, 4.69) is 52.9 Å². The summed E-state index contributed by atoms with van der Waals surface area (Å²) in [5, 5.41) is 15.4. The molecule has 0 aliphatic carbocycles. The van der Waals surface area contributed by atoms with Gasteiger partial charge in [-0.25, -0.2) is 0 Å². The average molecular weight is 279 g/mol. The summed E-state index contributed by atoms with van der Waals surface area (Å²) < 4.78 is 1.75. The molecule has 0 atom stereocenters. The van der Waals surface area contributed by atoms with Gasteiger partial charge in [0.05, 0.1) is 12.2 Å². The van der Waals surface area contributed by atoms with Crippen molar-refractivity contribution in [2.45, 2.75) is 20.4 Å². The number of aryl methyl sites for hydroxylation is 2. The van der Waals surface area contributed by atoms with Gasteiger partial charge in [0.2, 0.25) is 0 Å². The van der Waals surface area contributed by atoms with Crippen LogP contribution in [0.4, 0.5) is 5.69 Å². The Morgan fingerprint density at radius 3 is 2.38 bits per heavy atom. The second-order valence-electron chi connectivity index (χ2n) is 4.96. The zero-order chi connectivity index (χ0) is 14.7. The molecule has 5 heteroatoms. The first kappa shape index (κ1) is 13.3. The van der Waals surface area contributed by atoms with E-state index in [4.69, 9.17) is 0 Å². The van der Waals surface area contributed by atoms with Crippen molar-refractivity contribution in [1.82, 2.24) is 20.2 Å². The molecule has 0 amide bonds. The minimum Gasteiger partial charge on any atom is -0.377 e. The fourth-order valence-corrected chi connectivity index (χ4v) is 2.35. The van der Waals surface area contributed by atoms with Crippen LogP contribution in [0.25, 0.3) is 5.69 Å². The van der Waals surface area contributed by atoms with E-state index in [1.807, 2.05) is 30.3 Å². The molecular weight excluding hydrogens is 262 g/mol. The van der Waals surface area contributed by atoms with Crippen molar-refractivity contribution >= 4 is 5.69 Å². The van der Waals surface area contributed by atoms with Crippen molar-refractivity contribution in [3.05, 3.63) is 65.5 Å². The quantitative estimate of drug-likeness (QED) is 0.798. The third kappa shape index (κ3) is 2.76. The second kappa shape index (κ2) is 5.75. The molecule has 1 aromatic heterocycles. The molecule has 3 rings (SSSR count). The van der Waals surface area contributed by atoms with Crippen LogP contribution in [-0.4, -0.2) is 20.2 Å². The van der Waals surface area contributed by atoms with E-state index in [-0.39, 0.29) is 0 Å². The van der Waals surface area contributed by atoms with Crippen LogP contribution in [0.15, 0.2) is 48.5 Å². The normalized spacial score (nSPS) is 10.6. The molecule has 3 aromatic rings. The Morgan fingerprint density at radius 1 is 0.952 bits per heavy atom. The highest BCUT2D eigenvalue weighted by Crippen LogP contribution is 2.20. The number of nitrogens with zero attached hydrogens (tertiary/aromatic N) is 4. The van der Waals surface area contributed by atoms with Gasteiger partial charge < -0.3 is 5.32 Å². The molecule has 0 saturated carbocycles. The first-order valence-corrected chi connectivity index (χ1v) is 6.88. The molecule has 106 valence electrons. The van der Waals surface area contributed by atoms with Gasteiger partial charge in [-0.2, -0.15) is 4.68 Å². The molecule has 0 aliphatic rings. The van der Waals surface area contributed by atoms with Gasteiger partial charge in [-0.3, -0.25) is 0 Å². The summed E-state index contributed by atoms with van der Waals surface area (Å²) in [4.78, 5) is 0. The molecular formula is C16H17N5. The number of anilines is 1. The lowest BCUT2D eigenvalue weighted by atomic mass is 10.1. The Labute approximate surface area is 123 Å². The highest BCUT2D eigenvalue weighted by molar-refractivity contribution is 5.56. The lowest BCUT2D eigenvalue weighted by Gasteiger charge is -2.12. The standard InChI is InChI=1S/C16H17N5/c1-12-7-6-8-13(2)16(12)17-11-15-18-19-20-21(15)14-9-4-3-5-10-14/h3-10,17H,11H2,1-2H3. The van der Waals surface area contributed by atoms with E-state index in [0.29, 0.717) is 6.54 Å². The summed E-state index contributed by atoms with van der Waals surface area (Å²) >= 11 is 0. The Balaban J connectivity index is 1.83. The lowest BCUT2D eigenvalue weighted by Crippen LogP contribution is -2.09. The van der Waals surface area contributed by atoms with E-state index >= 15 is 0 Å². The molecule has 0 bridgehead atoms. The average Bonchev–Trinajstić information content (AvgIpc) is 2.96. The minimum absolute atomic E-state index is 0.577. The van der Waals surface area contributed by atoms with Crippen LogP contribution in [0, 0.1) is 13.8 Å². The van der Waals surface area contributed by atoms with Crippen molar-refractivity contribution in [1.29, 1.82) is 0 Å². The minimum atomic E-state index is 0.577. The number of hydrogen-bond acceptors (Lipinski definition) is 4. The molecule has 0 radical (unpaired) electrons. The summed E-state index contributed by atoms with van der Waals surface area (Å²) in [7, 11) is 0. The molecule has 0 spiro atoms. The fraction of sp³-hybridized carbons (Fsp3) is 0.188.